The molecule has 1 atom stereocenters. The maximum Gasteiger partial charge on any atom is 0.244 e. The van der Waals surface area contributed by atoms with E-state index in [0.717, 1.165) is 56.6 Å². The number of ether oxygens (including phenoxy) is 1. The number of nitrogens with one attached hydrogen (secondary N) is 1. The Hall–Kier alpha value is -2.87. The Bertz CT molecular complexity index is 848. The van der Waals surface area contributed by atoms with Gasteiger partial charge in [-0.2, -0.15) is 0 Å². The molecular formula is C22H30N6O2. The van der Waals surface area contributed by atoms with Gasteiger partial charge in [0.15, 0.2) is 0 Å². The van der Waals surface area contributed by atoms with Gasteiger partial charge in [-0.15, -0.1) is 0 Å². The zero-order valence-electron chi connectivity index (χ0n) is 17.8. The molecule has 30 heavy (non-hydrogen) atoms. The van der Waals surface area contributed by atoms with Crippen LogP contribution in [-0.2, 0) is 9.53 Å². The summed E-state index contributed by atoms with van der Waals surface area (Å²) in [6.07, 6.45) is 3.50. The van der Waals surface area contributed by atoms with Gasteiger partial charge in [0.25, 0.3) is 0 Å². The van der Waals surface area contributed by atoms with E-state index in [9.17, 15) is 4.79 Å². The van der Waals surface area contributed by atoms with Gasteiger partial charge in [0, 0.05) is 63.0 Å². The molecular weight excluding hydrogens is 380 g/mol. The molecule has 0 spiro atoms. The largest absolute Gasteiger partial charge is 0.378 e. The molecule has 0 aliphatic carbocycles. The number of hydrogen-bond donors (Lipinski definition) is 1. The highest BCUT2D eigenvalue weighted by Crippen LogP contribution is 2.25. The van der Waals surface area contributed by atoms with E-state index in [1.54, 1.807) is 12.4 Å². The number of hydrogen-bond acceptors (Lipinski definition) is 7. The Balaban J connectivity index is 1.36. The molecule has 0 radical (unpaired) electrons. The van der Waals surface area contributed by atoms with Crippen LogP contribution in [0.2, 0.25) is 0 Å². The summed E-state index contributed by atoms with van der Waals surface area (Å²) in [6.45, 7) is 10.2. The van der Waals surface area contributed by atoms with E-state index in [0.29, 0.717) is 13.1 Å². The van der Waals surface area contributed by atoms with Gasteiger partial charge >= 0.3 is 0 Å². The summed E-state index contributed by atoms with van der Waals surface area (Å²) in [6, 6.07) is 7.93. The number of carbonyl (C=O) groups is 1. The monoisotopic (exact) mass is 410 g/mol. The standard InChI is InChI=1S/C22H30N6O2/c1-17-4-5-19(26-12-14-30-15-13-26)16-20(17)25-18(2)21(29)27-8-10-28(11-9-27)22-23-6-3-7-24-22/h3-7,16,18,25H,8-15H2,1-2H3. The molecule has 2 aliphatic rings. The Morgan fingerprint density at radius 2 is 1.73 bits per heavy atom. The lowest BCUT2D eigenvalue weighted by atomic mass is 10.1. The van der Waals surface area contributed by atoms with Gasteiger partial charge in [-0.25, -0.2) is 9.97 Å². The quantitative estimate of drug-likeness (QED) is 0.805. The minimum atomic E-state index is -0.289. The molecule has 2 aromatic rings. The molecule has 160 valence electrons. The molecule has 0 saturated carbocycles. The molecule has 1 amide bonds. The van der Waals surface area contributed by atoms with Crippen molar-refractivity contribution >= 4 is 23.2 Å². The number of nitrogens with zero attached hydrogens (tertiary/aromatic N) is 5. The molecule has 8 heteroatoms. The maximum atomic E-state index is 13.0. The van der Waals surface area contributed by atoms with Gasteiger partial charge < -0.3 is 24.8 Å². The highest BCUT2D eigenvalue weighted by Gasteiger charge is 2.26. The second-order valence-corrected chi connectivity index (χ2v) is 7.83. The van der Waals surface area contributed by atoms with Gasteiger partial charge in [-0.05, 0) is 37.6 Å². The predicted molar refractivity (Wildman–Crippen MR) is 118 cm³/mol. The van der Waals surface area contributed by atoms with Crippen molar-refractivity contribution in [2.24, 2.45) is 0 Å². The number of aromatic nitrogens is 2. The Morgan fingerprint density at radius 1 is 1.03 bits per heavy atom. The van der Waals surface area contributed by atoms with Crippen LogP contribution in [0, 0.1) is 6.92 Å². The van der Waals surface area contributed by atoms with Crippen molar-refractivity contribution in [3.8, 4) is 0 Å². The smallest absolute Gasteiger partial charge is 0.244 e. The summed E-state index contributed by atoms with van der Waals surface area (Å²) in [5.41, 5.74) is 3.32. The lowest BCUT2D eigenvalue weighted by molar-refractivity contribution is -0.131. The van der Waals surface area contributed by atoms with Crippen LogP contribution in [0.5, 0.6) is 0 Å². The Morgan fingerprint density at radius 3 is 2.43 bits per heavy atom. The summed E-state index contributed by atoms with van der Waals surface area (Å²) in [5.74, 6) is 0.853. The second-order valence-electron chi connectivity index (χ2n) is 7.83. The fourth-order valence-corrected chi connectivity index (χ4v) is 3.93. The van der Waals surface area contributed by atoms with Crippen LogP contribution in [0.4, 0.5) is 17.3 Å². The average molecular weight is 411 g/mol. The van der Waals surface area contributed by atoms with Crippen molar-refractivity contribution in [2.45, 2.75) is 19.9 Å². The normalized spacial score (nSPS) is 18.3. The number of piperazine rings is 1. The molecule has 2 aliphatic heterocycles. The fraction of sp³-hybridized carbons (Fsp3) is 0.500. The molecule has 1 aromatic heterocycles. The average Bonchev–Trinajstić information content (AvgIpc) is 2.81. The maximum absolute atomic E-state index is 13.0. The van der Waals surface area contributed by atoms with Crippen LogP contribution >= 0.6 is 0 Å². The summed E-state index contributed by atoms with van der Waals surface area (Å²) >= 11 is 0. The molecule has 1 N–H and O–H groups in total. The molecule has 8 nitrogen and oxygen atoms in total. The van der Waals surface area contributed by atoms with Crippen LogP contribution in [0.3, 0.4) is 0 Å². The van der Waals surface area contributed by atoms with Crippen molar-refractivity contribution in [1.82, 2.24) is 14.9 Å². The number of anilines is 3. The molecule has 2 fully saturated rings. The van der Waals surface area contributed by atoms with Gasteiger partial charge in [-0.3, -0.25) is 4.79 Å². The molecule has 2 saturated heterocycles. The van der Waals surface area contributed by atoms with E-state index < -0.39 is 0 Å². The van der Waals surface area contributed by atoms with E-state index in [1.165, 1.54) is 5.69 Å². The zero-order valence-corrected chi connectivity index (χ0v) is 17.8. The zero-order chi connectivity index (χ0) is 20.9. The topological polar surface area (TPSA) is 73.8 Å². The number of aryl methyl sites for hydroxylation is 1. The van der Waals surface area contributed by atoms with E-state index in [-0.39, 0.29) is 11.9 Å². The first-order valence-corrected chi connectivity index (χ1v) is 10.6. The first-order chi connectivity index (χ1) is 14.6. The third-order valence-electron chi connectivity index (χ3n) is 5.77. The van der Waals surface area contributed by atoms with Gasteiger partial charge in [-0.1, -0.05) is 6.07 Å². The highest BCUT2D eigenvalue weighted by atomic mass is 16.5. The Kier molecular flexibility index (Phi) is 6.32. The number of rotatable bonds is 5. The SMILES string of the molecule is Cc1ccc(N2CCOCC2)cc1NC(C)C(=O)N1CCN(c2ncccn2)CC1. The minimum Gasteiger partial charge on any atom is -0.378 e. The van der Waals surface area contributed by atoms with Crippen LogP contribution in [0.1, 0.15) is 12.5 Å². The van der Waals surface area contributed by atoms with Crippen molar-refractivity contribution in [3.05, 3.63) is 42.2 Å². The molecule has 4 rings (SSSR count). The lowest BCUT2D eigenvalue weighted by Crippen LogP contribution is -2.52. The molecule has 1 aromatic carbocycles. The summed E-state index contributed by atoms with van der Waals surface area (Å²) in [5, 5.41) is 3.44. The predicted octanol–water partition coefficient (Wildman–Crippen LogP) is 1.77. The minimum absolute atomic E-state index is 0.125. The summed E-state index contributed by atoms with van der Waals surface area (Å²) in [4.78, 5) is 28.0. The van der Waals surface area contributed by atoms with Crippen LogP contribution in [0.15, 0.2) is 36.7 Å². The number of amides is 1. The van der Waals surface area contributed by atoms with E-state index in [4.69, 9.17) is 4.74 Å². The third-order valence-corrected chi connectivity index (χ3v) is 5.77. The Labute approximate surface area is 177 Å². The molecule has 0 bridgehead atoms. The van der Waals surface area contributed by atoms with Crippen molar-refractivity contribution in [2.75, 3.05) is 67.6 Å². The summed E-state index contributed by atoms with van der Waals surface area (Å²) in [7, 11) is 0. The highest BCUT2D eigenvalue weighted by molar-refractivity contribution is 5.85. The van der Waals surface area contributed by atoms with E-state index >= 15 is 0 Å². The fourth-order valence-electron chi connectivity index (χ4n) is 3.93. The number of morpholine rings is 1. The van der Waals surface area contributed by atoms with Crippen molar-refractivity contribution in [3.63, 3.8) is 0 Å². The van der Waals surface area contributed by atoms with Crippen LogP contribution in [0.25, 0.3) is 0 Å². The van der Waals surface area contributed by atoms with Crippen molar-refractivity contribution < 1.29 is 9.53 Å². The van der Waals surface area contributed by atoms with Crippen LogP contribution in [-0.4, -0.2) is 79.3 Å². The van der Waals surface area contributed by atoms with Gasteiger partial charge in [0.2, 0.25) is 11.9 Å². The number of carbonyl (C=O) groups excluding carboxylic acids is 1. The third kappa shape index (κ3) is 4.64. The van der Waals surface area contributed by atoms with E-state index in [1.807, 2.05) is 17.9 Å². The second kappa shape index (κ2) is 9.30. The number of benzene rings is 1. The lowest BCUT2D eigenvalue weighted by Gasteiger charge is -2.36. The first kappa shape index (κ1) is 20.4. The van der Waals surface area contributed by atoms with E-state index in [2.05, 4.69) is 50.2 Å². The van der Waals surface area contributed by atoms with Crippen molar-refractivity contribution in [1.29, 1.82) is 0 Å². The first-order valence-electron chi connectivity index (χ1n) is 10.6. The molecule has 1 unspecified atom stereocenters. The van der Waals surface area contributed by atoms with Crippen LogP contribution < -0.4 is 15.1 Å². The summed E-state index contributed by atoms with van der Waals surface area (Å²) < 4.78 is 5.46. The van der Waals surface area contributed by atoms with Gasteiger partial charge in [0.1, 0.15) is 6.04 Å². The molecule has 3 heterocycles. The van der Waals surface area contributed by atoms with Gasteiger partial charge in [0.05, 0.1) is 13.2 Å².